The Kier molecular flexibility index (Phi) is 3.98. The van der Waals surface area contributed by atoms with Crippen molar-refractivity contribution in [3.05, 3.63) is 29.8 Å². The molecule has 0 spiro atoms. The highest BCUT2D eigenvalue weighted by Gasteiger charge is 2.20. The predicted molar refractivity (Wildman–Crippen MR) is 67.2 cm³/mol. The molecule has 1 unspecified atom stereocenters. The van der Waals surface area contributed by atoms with E-state index in [1.54, 1.807) is 0 Å². The molecule has 4 heteroatoms. The monoisotopic (exact) mass is 234 g/mol. The van der Waals surface area contributed by atoms with Gasteiger partial charge >= 0.3 is 0 Å². The summed E-state index contributed by atoms with van der Waals surface area (Å²) in [5.74, 6) is 0.445. The van der Waals surface area contributed by atoms with Crippen molar-refractivity contribution < 1.29 is 9.53 Å². The van der Waals surface area contributed by atoms with Crippen molar-refractivity contribution in [2.24, 2.45) is 0 Å². The van der Waals surface area contributed by atoms with Crippen LogP contribution in [-0.2, 0) is 9.53 Å². The van der Waals surface area contributed by atoms with Crippen molar-refractivity contribution in [2.75, 3.05) is 32.1 Å². The number of amides is 1. The molecule has 1 heterocycles. The molecule has 92 valence electrons. The van der Waals surface area contributed by atoms with Crippen LogP contribution in [0.4, 0.5) is 5.69 Å². The van der Waals surface area contributed by atoms with Crippen LogP contribution in [0.2, 0.25) is 0 Å². The molecular weight excluding hydrogens is 216 g/mol. The standard InChI is InChI=1S/C13H18N2O2/c1-17-9-13(16)14-7-6-10-8-15-12-5-3-2-4-11(10)12/h2-5,10,15H,6-9H2,1H3,(H,14,16). The number of anilines is 1. The molecule has 4 nitrogen and oxygen atoms in total. The highest BCUT2D eigenvalue weighted by Crippen LogP contribution is 2.32. The van der Waals surface area contributed by atoms with Gasteiger partial charge in [0.05, 0.1) is 0 Å². The van der Waals surface area contributed by atoms with E-state index in [-0.39, 0.29) is 12.5 Å². The number of nitrogens with one attached hydrogen (secondary N) is 2. The van der Waals surface area contributed by atoms with Crippen molar-refractivity contribution in [3.63, 3.8) is 0 Å². The van der Waals surface area contributed by atoms with Gasteiger partial charge in [-0.15, -0.1) is 0 Å². The van der Waals surface area contributed by atoms with E-state index >= 15 is 0 Å². The van der Waals surface area contributed by atoms with E-state index in [1.165, 1.54) is 18.4 Å². The molecule has 0 aromatic heterocycles. The van der Waals surface area contributed by atoms with Crippen molar-refractivity contribution in [1.29, 1.82) is 0 Å². The summed E-state index contributed by atoms with van der Waals surface area (Å²) in [5, 5.41) is 6.23. The van der Waals surface area contributed by atoms with Crippen LogP contribution in [0.25, 0.3) is 0 Å². The molecule has 2 N–H and O–H groups in total. The molecule has 0 bridgehead atoms. The molecule has 2 rings (SSSR count). The number of rotatable bonds is 5. The first-order valence-electron chi connectivity index (χ1n) is 5.89. The summed E-state index contributed by atoms with van der Waals surface area (Å²) >= 11 is 0. The van der Waals surface area contributed by atoms with Crippen molar-refractivity contribution in [2.45, 2.75) is 12.3 Å². The molecule has 1 aliphatic rings. The number of carbonyl (C=O) groups is 1. The van der Waals surface area contributed by atoms with Crippen LogP contribution in [0, 0.1) is 0 Å². The molecule has 0 saturated carbocycles. The van der Waals surface area contributed by atoms with Crippen LogP contribution >= 0.6 is 0 Å². The third-order valence-electron chi connectivity index (χ3n) is 3.03. The summed E-state index contributed by atoms with van der Waals surface area (Å²) in [6, 6.07) is 8.34. The third kappa shape index (κ3) is 2.97. The SMILES string of the molecule is COCC(=O)NCCC1CNc2ccccc21. The van der Waals surface area contributed by atoms with Gasteiger partial charge in [-0.05, 0) is 18.1 Å². The lowest BCUT2D eigenvalue weighted by molar-refractivity contribution is -0.124. The van der Waals surface area contributed by atoms with Gasteiger partial charge in [0.15, 0.2) is 0 Å². The van der Waals surface area contributed by atoms with Gasteiger partial charge in [-0.25, -0.2) is 0 Å². The Hall–Kier alpha value is -1.55. The fraction of sp³-hybridized carbons (Fsp3) is 0.462. The Morgan fingerprint density at radius 3 is 3.18 bits per heavy atom. The Balaban J connectivity index is 1.80. The number of carbonyl (C=O) groups excluding carboxylic acids is 1. The second kappa shape index (κ2) is 5.68. The van der Waals surface area contributed by atoms with E-state index < -0.39 is 0 Å². The first-order valence-corrected chi connectivity index (χ1v) is 5.89. The zero-order valence-corrected chi connectivity index (χ0v) is 10.0. The highest BCUT2D eigenvalue weighted by atomic mass is 16.5. The van der Waals surface area contributed by atoms with E-state index in [1.807, 2.05) is 6.07 Å². The van der Waals surface area contributed by atoms with Crippen LogP contribution in [0.15, 0.2) is 24.3 Å². The van der Waals surface area contributed by atoms with Gasteiger partial charge in [0.1, 0.15) is 6.61 Å². The number of hydrogen-bond donors (Lipinski definition) is 2. The normalized spacial score (nSPS) is 17.4. The lowest BCUT2D eigenvalue weighted by Gasteiger charge is -2.10. The smallest absolute Gasteiger partial charge is 0.245 e. The van der Waals surface area contributed by atoms with Crippen LogP contribution in [-0.4, -0.2) is 32.7 Å². The number of hydrogen-bond acceptors (Lipinski definition) is 3. The average Bonchev–Trinajstić information content (AvgIpc) is 2.73. The lowest BCUT2D eigenvalue weighted by atomic mass is 9.98. The minimum absolute atomic E-state index is 0.0493. The first-order chi connectivity index (χ1) is 8.31. The summed E-state index contributed by atoms with van der Waals surface area (Å²) in [7, 11) is 1.52. The van der Waals surface area contributed by atoms with Gasteiger partial charge in [-0.2, -0.15) is 0 Å². The average molecular weight is 234 g/mol. The van der Waals surface area contributed by atoms with E-state index in [4.69, 9.17) is 4.74 Å². The van der Waals surface area contributed by atoms with E-state index in [0.717, 1.165) is 13.0 Å². The second-order valence-corrected chi connectivity index (χ2v) is 4.24. The topological polar surface area (TPSA) is 50.4 Å². The van der Waals surface area contributed by atoms with Crippen LogP contribution in [0.3, 0.4) is 0 Å². The molecule has 1 aromatic carbocycles. The van der Waals surface area contributed by atoms with Crippen molar-refractivity contribution in [1.82, 2.24) is 5.32 Å². The Bertz CT molecular complexity index is 393. The number of benzene rings is 1. The minimum atomic E-state index is -0.0493. The zero-order chi connectivity index (χ0) is 12.1. The van der Waals surface area contributed by atoms with Crippen LogP contribution in [0.1, 0.15) is 17.9 Å². The molecule has 1 atom stereocenters. The highest BCUT2D eigenvalue weighted by molar-refractivity contribution is 5.77. The fourth-order valence-electron chi connectivity index (χ4n) is 2.18. The maximum atomic E-state index is 11.2. The van der Waals surface area contributed by atoms with Gasteiger partial charge < -0.3 is 15.4 Å². The Morgan fingerprint density at radius 2 is 2.35 bits per heavy atom. The first kappa shape index (κ1) is 11.9. The summed E-state index contributed by atoms with van der Waals surface area (Å²) < 4.78 is 4.76. The summed E-state index contributed by atoms with van der Waals surface area (Å²) in [6.45, 7) is 1.79. The molecule has 0 fully saturated rings. The molecule has 0 radical (unpaired) electrons. The van der Waals surface area contributed by atoms with E-state index in [2.05, 4.69) is 28.8 Å². The number of fused-ring (bicyclic) bond motifs is 1. The van der Waals surface area contributed by atoms with Crippen molar-refractivity contribution >= 4 is 11.6 Å². The van der Waals surface area contributed by atoms with Crippen molar-refractivity contribution in [3.8, 4) is 0 Å². The molecule has 1 amide bonds. The summed E-state index contributed by atoms with van der Waals surface area (Å²) in [6.07, 6.45) is 0.958. The Morgan fingerprint density at radius 1 is 1.53 bits per heavy atom. The summed E-state index contributed by atoms with van der Waals surface area (Å²) in [5.41, 5.74) is 2.58. The largest absolute Gasteiger partial charge is 0.384 e. The third-order valence-corrected chi connectivity index (χ3v) is 3.03. The molecule has 0 saturated heterocycles. The Labute approximate surface area is 101 Å². The van der Waals surface area contributed by atoms with Crippen LogP contribution < -0.4 is 10.6 Å². The summed E-state index contributed by atoms with van der Waals surface area (Å²) in [4.78, 5) is 11.2. The van der Waals surface area contributed by atoms with Gasteiger partial charge in [-0.3, -0.25) is 4.79 Å². The van der Waals surface area contributed by atoms with E-state index in [0.29, 0.717) is 12.5 Å². The molecule has 0 aliphatic carbocycles. The van der Waals surface area contributed by atoms with Gasteiger partial charge in [-0.1, -0.05) is 18.2 Å². The zero-order valence-electron chi connectivity index (χ0n) is 10.0. The van der Waals surface area contributed by atoms with Gasteiger partial charge in [0.25, 0.3) is 0 Å². The van der Waals surface area contributed by atoms with E-state index in [9.17, 15) is 4.79 Å². The van der Waals surface area contributed by atoms with Gasteiger partial charge in [0, 0.05) is 31.8 Å². The number of para-hydroxylation sites is 1. The molecule has 1 aliphatic heterocycles. The van der Waals surface area contributed by atoms with Crippen LogP contribution in [0.5, 0.6) is 0 Å². The number of ether oxygens (including phenoxy) is 1. The molecular formula is C13H18N2O2. The maximum Gasteiger partial charge on any atom is 0.245 e. The lowest BCUT2D eigenvalue weighted by Crippen LogP contribution is -2.29. The molecule has 1 aromatic rings. The fourth-order valence-corrected chi connectivity index (χ4v) is 2.18. The second-order valence-electron chi connectivity index (χ2n) is 4.24. The number of methoxy groups -OCH3 is 1. The maximum absolute atomic E-state index is 11.2. The molecule has 17 heavy (non-hydrogen) atoms. The van der Waals surface area contributed by atoms with Gasteiger partial charge in [0.2, 0.25) is 5.91 Å². The minimum Gasteiger partial charge on any atom is -0.384 e. The quantitative estimate of drug-likeness (QED) is 0.808. The predicted octanol–water partition coefficient (Wildman–Crippen LogP) is 1.35.